The van der Waals surface area contributed by atoms with Crippen LogP contribution < -0.4 is 14.9 Å². The second-order valence-corrected chi connectivity index (χ2v) is 5.51. The Kier molecular flexibility index (Phi) is 4.10. The van der Waals surface area contributed by atoms with E-state index in [0.29, 0.717) is 6.04 Å². The summed E-state index contributed by atoms with van der Waals surface area (Å²) in [6.07, 6.45) is 0.993. The molecule has 0 amide bonds. The fourth-order valence-electron chi connectivity index (χ4n) is 2.79. The Balaban J connectivity index is 1.72. The molecule has 1 aromatic rings. The molecule has 0 aromatic heterocycles. The predicted octanol–water partition coefficient (Wildman–Crippen LogP) is 1.27. The normalized spacial score (nSPS) is 24.0. The van der Waals surface area contributed by atoms with Crippen molar-refractivity contribution in [1.29, 1.82) is 0 Å². The largest absolute Gasteiger partial charge is 0.497 e. The van der Waals surface area contributed by atoms with Crippen molar-refractivity contribution in [2.75, 3.05) is 46.9 Å². The minimum atomic E-state index is 0.317. The fraction of sp³-hybridized carbons (Fsp3) is 0.600. The summed E-state index contributed by atoms with van der Waals surface area (Å²) in [7, 11) is 3.88. The molecule has 3 rings (SSSR count). The molecule has 0 spiro atoms. The van der Waals surface area contributed by atoms with E-state index in [1.165, 1.54) is 5.56 Å². The summed E-state index contributed by atoms with van der Waals surface area (Å²) in [6.45, 7) is 5.12. The molecular formula is C15H23N3O2. The Morgan fingerprint density at radius 2 is 2.05 bits per heavy atom. The summed E-state index contributed by atoms with van der Waals surface area (Å²) < 4.78 is 11.1. The molecule has 1 aromatic carbocycles. The van der Waals surface area contributed by atoms with E-state index < -0.39 is 0 Å². The summed E-state index contributed by atoms with van der Waals surface area (Å²) in [4.78, 5) is 2.36. The molecule has 1 N–H and O–H groups in total. The van der Waals surface area contributed by atoms with E-state index in [2.05, 4.69) is 28.4 Å². The second-order valence-electron chi connectivity index (χ2n) is 5.51. The zero-order valence-electron chi connectivity index (χ0n) is 12.3. The monoisotopic (exact) mass is 277 g/mol. The van der Waals surface area contributed by atoms with Crippen LogP contribution in [0.4, 0.5) is 0 Å². The molecule has 1 unspecified atom stereocenters. The Labute approximate surface area is 120 Å². The molecule has 5 heteroatoms. The predicted molar refractivity (Wildman–Crippen MR) is 78.1 cm³/mol. The maximum absolute atomic E-state index is 5.74. The summed E-state index contributed by atoms with van der Waals surface area (Å²) in [5.74, 6) is 1.86. The van der Waals surface area contributed by atoms with Crippen molar-refractivity contribution < 1.29 is 9.47 Å². The van der Waals surface area contributed by atoms with Gasteiger partial charge in [0.15, 0.2) is 0 Å². The number of nitrogens with zero attached hydrogens (tertiary/aromatic N) is 2. The lowest BCUT2D eigenvalue weighted by atomic mass is 10.0. The number of hydrazine groups is 1. The van der Waals surface area contributed by atoms with Gasteiger partial charge in [-0.3, -0.25) is 0 Å². The number of piperazine rings is 1. The quantitative estimate of drug-likeness (QED) is 0.900. The van der Waals surface area contributed by atoms with E-state index >= 15 is 0 Å². The number of rotatable bonds is 3. The average Bonchev–Trinajstić information content (AvgIpc) is 2.49. The molecule has 20 heavy (non-hydrogen) atoms. The van der Waals surface area contributed by atoms with E-state index in [1.54, 1.807) is 7.11 Å². The van der Waals surface area contributed by atoms with E-state index in [0.717, 1.165) is 50.7 Å². The third kappa shape index (κ3) is 2.90. The van der Waals surface area contributed by atoms with Crippen molar-refractivity contribution in [1.82, 2.24) is 15.3 Å². The van der Waals surface area contributed by atoms with Crippen molar-refractivity contribution in [2.24, 2.45) is 0 Å². The highest BCUT2D eigenvalue weighted by Gasteiger charge is 2.25. The van der Waals surface area contributed by atoms with Crippen LogP contribution in [0.5, 0.6) is 11.5 Å². The first-order valence-electron chi connectivity index (χ1n) is 7.26. The second kappa shape index (κ2) is 5.99. The van der Waals surface area contributed by atoms with Crippen LogP contribution in [0.2, 0.25) is 0 Å². The van der Waals surface area contributed by atoms with Crippen LogP contribution in [-0.2, 0) is 0 Å². The summed E-state index contributed by atoms with van der Waals surface area (Å²) >= 11 is 0. The van der Waals surface area contributed by atoms with E-state index in [-0.39, 0.29) is 0 Å². The highest BCUT2D eigenvalue weighted by Crippen LogP contribution is 2.34. The van der Waals surface area contributed by atoms with Crippen molar-refractivity contribution >= 4 is 0 Å². The van der Waals surface area contributed by atoms with Gasteiger partial charge in [0.25, 0.3) is 0 Å². The number of hydrogen-bond donors (Lipinski definition) is 1. The standard InChI is InChI=1S/C15H23N3O2/c1-17-6-8-18(9-7-17)16-14-5-10-20-15-4-3-12(19-2)11-13(14)15/h3-4,11,14,16H,5-10H2,1-2H3. The molecule has 2 aliphatic heterocycles. The van der Waals surface area contributed by atoms with E-state index in [1.807, 2.05) is 12.1 Å². The van der Waals surface area contributed by atoms with E-state index in [9.17, 15) is 0 Å². The minimum absolute atomic E-state index is 0.317. The number of hydrogen-bond acceptors (Lipinski definition) is 5. The van der Waals surface area contributed by atoms with Gasteiger partial charge in [-0.15, -0.1) is 0 Å². The first-order valence-corrected chi connectivity index (χ1v) is 7.26. The van der Waals surface area contributed by atoms with Gasteiger partial charge < -0.3 is 14.4 Å². The third-order valence-corrected chi connectivity index (χ3v) is 4.10. The van der Waals surface area contributed by atoms with Gasteiger partial charge in [-0.25, -0.2) is 10.4 Å². The van der Waals surface area contributed by atoms with Gasteiger partial charge in [-0.05, 0) is 25.2 Å². The number of likely N-dealkylation sites (N-methyl/N-ethyl adjacent to an activating group) is 1. The molecule has 0 saturated carbocycles. The zero-order valence-corrected chi connectivity index (χ0v) is 12.3. The van der Waals surface area contributed by atoms with Crippen LogP contribution in [0.3, 0.4) is 0 Å². The molecule has 1 atom stereocenters. The fourth-order valence-corrected chi connectivity index (χ4v) is 2.79. The van der Waals surface area contributed by atoms with Crippen molar-refractivity contribution in [2.45, 2.75) is 12.5 Å². The number of nitrogens with one attached hydrogen (secondary N) is 1. The average molecular weight is 277 g/mol. The van der Waals surface area contributed by atoms with Crippen LogP contribution >= 0.6 is 0 Å². The lowest BCUT2D eigenvalue weighted by Gasteiger charge is -2.37. The molecule has 1 saturated heterocycles. The molecule has 2 heterocycles. The molecule has 0 bridgehead atoms. The number of benzene rings is 1. The van der Waals surface area contributed by atoms with Crippen LogP contribution in [-0.4, -0.2) is 56.9 Å². The first kappa shape index (κ1) is 13.7. The Morgan fingerprint density at radius 3 is 2.80 bits per heavy atom. The van der Waals surface area contributed by atoms with Gasteiger partial charge in [0.1, 0.15) is 11.5 Å². The van der Waals surface area contributed by atoms with Crippen LogP contribution in [0.15, 0.2) is 18.2 Å². The molecule has 2 aliphatic rings. The number of methoxy groups -OCH3 is 1. The number of fused-ring (bicyclic) bond motifs is 1. The Morgan fingerprint density at radius 1 is 1.25 bits per heavy atom. The summed E-state index contributed by atoms with van der Waals surface area (Å²) in [6, 6.07) is 6.36. The highest BCUT2D eigenvalue weighted by molar-refractivity contribution is 5.43. The van der Waals surface area contributed by atoms with Crippen molar-refractivity contribution in [3.05, 3.63) is 23.8 Å². The summed E-state index contributed by atoms with van der Waals surface area (Å²) in [5.41, 5.74) is 4.86. The van der Waals surface area contributed by atoms with Gasteiger partial charge in [0.2, 0.25) is 0 Å². The van der Waals surface area contributed by atoms with Crippen LogP contribution in [0.1, 0.15) is 18.0 Å². The van der Waals surface area contributed by atoms with Gasteiger partial charge in [0, 0.05) is 38.2 Å². The lowest BCUT2D eigenvalue weighted by molar-refractivity contribution is 0.0757. The molecule has 5 nitrogen and oxygen atoms in total. The SMILES string of the molecule is COc1ccc2c(c1)C(NN1CCN(C)CC1)CCO2. The van der Waals surface area contributed by atoms with Gasteiger partial charge in [-0.1, -0.05) is 0 Å². The molecular weight excluding hydrogens is 254 g/mol. The Bertz CT molecular complexity index is 458. The van der Waals surface area contributed by atoms with Gasteiger partial charge in [-0.2, -0.15) is 0 Å². The molecule has 0 aliphatic carbocycles. The minimum Gasteiger partial charge on any atom is -0.497 e. The maximum Gasteiger partial charge on any atom is 0.124 e. The van der Waals surface area contributed by atoms with Crippen molar-refractivity contribution in [3.63, 3.8) is 0 Å². The smallest absolute Gasteiger partial charge is 0.124 e. The van der Waals surface area contributed by atoms with Crippen LogP contribution in [0.25, 0.3) is 0 Å². The third-order valence-electron chi connectivity index (χ3n) is 4.10. The van der Waals surface area contributed by atoms with Crippen molar-refractivity contribution in [3.8, 4) is 11.5 Å². The topological polar surface area (TPSA) is 37.0 Å². The van der Waals surface area contributed by atoms with Gasteiger partial charge >= 0.3 is 0 Å². The molecule has 1 fully saturated rings. The highest BCUT2D eigenvalue weighted by atomic mass is 16.5. The van der Waals surface area contributed by atoms with Gasteiger partial charge in [0.05, 0.1) is 19.8 Å². The summed E-state index contributed by atoms with van der Waals surface area (Å²) in [5, 5.41) is 2.33. The maximum atomic E-state index is 5.74. The van der Waals surface area contributed by atoms with Crippen LogP contribution in [0, 0.1) is 0 Å². The zero-order chi connectivity index (χ0) is 13.9. The Hall–Kier alpha value is -1.30. The molecule has 0 radical (unpaired) electrons. The number of ether oxygens (including phenoxy) is 2. The lowest BCUT2D eigenvalue weighted by Crippen LogP contribution is -2.52. The van der Waals surface area contributed by atoms with E-state index in [4.69, 9.17) is 9.47 Å². The molecule has 110 valence electrons. The first-order chi connectivity index (χ1) is 9.76.